The quantitative estimate of drug-likeness (QED) is 0.583. The minimum absolute atomic E-state index is 0.365. The summed E-state index contributed by atoms with van der Waals surface area (Å²) in [6, 6.07) is 7.70. The van der Waals surface area contributed by atoms with Crippen molar-refractivity contribution >= 4 is 18.3 Å². The maximum atomic E-state index is 11.9. The molecule has 0 aliphatic heterocycles. The van der Waals surface area contributed by atoms with Gasteiger partial charge in [0.05, 0.1) is 13.0 Å². The maximum Gasteiger partial charge on any atom is 0.309 e. The molecule has 1 aromatic carbocycles. The Morgan fingerprint density at radius 1 is 1.42 bits per heavy atom. The summed E-state index contributed by atoms with van der Waals surface area (Å²) in [6.07, 6.45) is 3.02. The van der Waals surface area contributed by atoms with Crippen molar-refractivity contribution in [2.45, 2.75) is 20.3 Å². The van der Waals surface area contributed by atoms with Crippen LogP contribution in [0.3, 0.4) is 0 Å². The molecule has 0 amide bonds. The van der Waals surface area contributed by atoms with Crippen LogP contribution < -0.4 is 0 Å². The number of ether oxygens (including phenoxy) is 1. The first-order valence-corrected chi connectivity index (χ1v) is 6.20. The second-order valence-electron chi connectivity index (χ2n) is 5.12. The highest BCUT2D eigenvalue weighted by atomic mass is 16.5. The molecule has 19 heavy (non-hydrogen) atoms. The topological polar surface area (TPSA) is 43.4 Å². The Morgan fingerprint density at radius 2 is 2.05 bits per heavy atom. The van der Waals surface area contributed by atoms with Crippen LogP contribution in [-0.4, -0.2) is 19.4 Å². The molecule has 1 rings (SSSR count). The smallest absolute Gasteiger partial charge is 0.309 e. The largest absolute Gasteiger partial charge is 0.469 e. The van der Waals surface area contributed by atoms with Crippen LogP contribution in [0.4, 0.5) is 0 Å². The van der Waals surface area contributed by atoms with Crippen LogP contribution in [0.1, 0.15) is 25.0 Å². The van der Waals surface area contributed by atoms with Crippen molar-refractivity contribution in [3.05, 3.63) is 42.0 Å². The van der Waals surface area contributed by atoms with E-state index in [1.54, 1.807) is 19.9 Å². The van der Waals surface area contributed by atoms with E-state index >= 15 is 0 Å². The third kappa shape index (κ3) is 3.53. The third-order valence-electron chi connectivity index (χ3n) is 3.39. The highest BCUT2D eigenvalue weighted by Crippen LogP contribution is 2.30. The van der Waals surface area contributed by atoms with Crippen molar-refractivity contribution in [3.63, 3.8) is 0 Å². The van der Waals surface area contributed by atoms with Gasteiger partial charge in [-0.05, 0) is 17.5 Å². The zero-order valence-electron chi connectivity index (χ0n) is 11.7. The lowest BCUT2D eigenvalue weighted by atomic mass is 9.76. The Labute approximate surface area is 114 Å². The average molecular weight is 260 g/mol. The van der Waals surface area contributed by atoms with Gasteiger partial charge in [0.15, 0.2) is 0 Å². The fourth-order valence-electron chi connectivity index (χ4n) is 2.01. The van der Waals surface area contributed by atoms with Gasteiger partial charge in [-0.25, -0.2) is 0 Å². The van der Waals surface area contributed by atoms with Crippen LogP contribution >= 0.6 is 0 Å². The standard InChI is InChI=1S/C16H20O3/c1-5-12-8-6-7-9-13(12)10-14(15(18)19-4)16(2,3)11-17/h5-9,11,14H,1,10H2,2-4H3. The molecule has 0 heterocycles. The predicted molar refractivity (Wildman–Crippen MR) is 75.6 cm³/mol. The van der Waals surface area contributed by atoms with Gasteiger partial charge < -0.3 is 9.53 Å². The fraction of sp³-hybridized carbons (Fsp3) is 0.375. The molecule has 0 saturated carbocycles. The number of hydrogen-bond acceptors (Lipinski definition) is 3. The third-order valence-corrected chi connectivity index (χ3v) is 3.39. The van der Waals surface area contributed by atoms with E-state index in [9.17, 15) is 9.59 Å². The number of rotatable bonds is 6. The van der Waals surface area contributed by atoms with Crippen molar-refractivity contribution in [2.24, 2.45) is 11.3 Å². The number of carbonyl (C=O) groups is 2. The summed E-state index contributed by atoms with van der Waals surface area (Å²) in [5.74, 6) is -0.868. The van der Waals surface area contributed by atoms with Gasteiger partial charge >= 0.3 is 5.97 Å². The average Bonchev–Trinajstić information content (AvgIpc) is 2.44. The van der Waals surface area contributed by atoms with E-state index in [2.05, 4.69) is 6.58 Å². The monoisotopic (exact) mass is 260 g/mol. The number of carbonyl (C=O) groups excluding carboxylic acids is 2. The Bertz CT molecular complexity index is 475. The molecule has 0 aliphatic carbocycles. The first-order valence-electron chi connectivity index (χ1n) is 6.20. The Morgan fingerprint density at radius 3 is 2.58 bits per heavy atom. The van der Waals surface area contributed by atoms with Crippen molar-refractivity contribution in [1.82, 2.24) is 0 Å². The van der Waals surface area contributed by atoms with Crippen LogP contribution in [0.2, 0.25) is 0 Å². The summed E-state index contributed by atoms with van der Waals surface area (Å²) >= 11 is 0. The molecule has 102 valence electrons. The Balaban J connectivity index is 3.11. The lowest BCUT2D eigenvalue weighted by Gasteiger charge is -2.27. The lowest BCUT2D eigenvalue weighted by Crippen LogP contribution is -2.35. The maximum absolute atomic E-state index is 11.9. The molecule has 0 saturated heterocycles. The molecule has 0 N–H and O–H groups in total. The number of methoxy groups -OCH3 is 1. The van der Waals surface area contributed by atoms with Crippen molar-refractivity contribution in [2.75, 3.05) is 7.11 Å². The number of esters is 1. The number of hydrogen-bond donors (Lipinski definition) is 0. The van der Waals surface area contributed by atoms with E-state index < -0.39 is 11.3 Å². The molecule has 0 spiro atoms. The summed E-state index contributed by atoms with van der Waals surface area (Å²) in [4.78, 5) is 23.1. The molecule has 0 radical (unpaired) electrons. The van der Waals surface area contributed by atoms with Crippen molar-refractivity contribution in [3.8, 4) is 0 Å². The van der Waals surface area contributed by atoms with Crippen LogP contribution in [0.25, 0.3) is 6.08 Å². The molecule has 1 atom stereocenters. The van der Waals surface area contributed by atoms with Crippen LogP contribution in [0.15, 0.2) is 30.8 Å². The zero-order chi connectivity index (χ0) is 14.5. The van der Waals surface area contributed by atoms with E-state index in [4.69, 9.17) is 4.74 Å². The molecule has 0 aliphatic rings. The molecule has 0 bridgehead atoms. The van der Waals surface area contributed by atoms with Gasteiger partial charge in [0.2, 0.25) is 0 Å². The van der Waals surface area contributed by atoms with Crippen molar-refractivity contribution < 1.29 is 14.3 Å². The highest BCUT2D eigenvalue weighted by Gasteiger charge is 2.36. The first-order chi connectivity index (χ1) is 8.96. The Hall–Kier alpha value is -1.90. The molecule has 3 heteroatoms. The predicted octanol–water partition coefficient (Wildman–Crippen LogP) is 2.89. The van der Waals surface area contributed by atoms with E-state index in [0.29, 0.717) is 6.42 Å². The molecule has 0 fully saturated rings. The SMILES string of the molecule is C=Cc1ccccc1CC(C(=O)OC)C(C)(C)C=O. The van der Waals surface area contributed by atoms with E-state index in [1.807, 2.05) is 24.3 Å². The summed E-state index contributed by atoms with van der Waals surface area (Å²) < 4.78 is 4.82. The van der Waals surface area contributed by atoms with Gasteiger partial charge in [0.1, 0.15) is 6.29 Å². The van der Waals surface area contributed by atoms with E-state index in [-0.39, 0.29) is 5.97 Å². The molecule has 1 unspecified atom stereocenters. The zero-order valence-corrected chi connectivity index (χ0v) is 11.7. The summed E-state index contributed by atoms with van der Waals surface area (Å²) in [5.41, 5.74) is 1.20. The first kappa shape index (κ1) is 15.2. The summed E-state index contributed by atoms with van der Waals surface area (Å²) in [7, 11) is 1.34. The minimum atomic E-state index is -0.763. The van der Waals surface area contributed by atoms with Crippen LogP contribution in [0, 0.1) is 11.3 Å². The summed E-state index contributed by atoms with van der Waals surface area (Å²) in [6.45, 7) is 7.26. The number of benzene rings is 1. The van der Waals surface area contributed by atoms with Crippen molar-refractivity contribution in [1.29, 1.82) is 0 Å². The summed E-state index contributed by atoms with van der Waals surface area (Å²) in [5, 5.41) is 0. The van der Waals surface area contributed by atoms with Gasteiger partial charge in [0.25, 0.3) is 0 Å². The molecule has 0 aromatic heterocycles. The highest BCUT2D eigenvalue weighted by molar-refractivity contribution is 5.79. The number of aldehydes is 1. The Kier molecular flexibility index (Phi) is 5.04. The second-order valence-corrected chi connectivity index (χ2v) is 5.12. The van der Waals surface area contributed by atoms with Crippen LogP contribution in [-0.2, 0) is 20.7 Å². The minimum Gasteiger partial charge on any atom is -0.469 e. The molecule has 1 aromatic rings. The van der Waals surface area contributed by atoms with Gasteiger partial charge in [-0.3, -0.25) is 4.79 Å². The van der Waals surface area contributed by atoms with Crippen LogP contribution in [0.5, 0.6) is 0 Å². The van der Waals surface area contributed by atoms with E-state index in [1.165, 1.54) is 7.11 Å². The van der Waals surface area contributed by atoms with Gasteiger partial charge in [-0.15, -0.1) is 0 Å². The fourth-order valence-corrected chi connectivity index (χ4v) is 2.01. The molecule has 3 nitrogen and oxygen atoms in total. The second kappa shape index (κ2) is 6.32. The van der Waals surface area contributed by atoms with Gasteiger partial charge in [-0.1, -0.05) is 50.8 Å². The molecular formula is C16H20O3. The normalized spacial score (nSPS) is 12.6. The van der Waals surface area contributed by atoms with E-state index in [0.717, 1.165) is 17.4 Å². The van der Waals surface area contributed by atoms with Gasteiger partial charge in [0, 0.05) is 5.41 Å². The lowest BCUT2D eigenvalue weighted by molar-refractivity contribution is -0.151. The molecular weight excluding hydrogens is 240 g/mol. The van der Waals surface area contributed by atoms with Gasteiger partial charge in [-0.2, -0.15) is 0 Å².